The van der Waals surface area contributed by atoms with E-state index in [0.29, 0.717) is 33.8 Å². The molecule has 4 rings (SSSR count). The Kier molecular flexibility index (Phi) is 7.16. The monoisotopic (exact) mass is 498 g/mol. The number of ether oxygens (including phenoxy) is 3. The van der Waals surface area contributed by atoms with Crippen LogP contribution < -0.4 is 24.4 Å². The lowest BCUT2D eigenvalue weighted by molar-refractivity contribution is -0.126. The minimum atomic E-state index is -0.561. The highest BCUT2D eigenvalue weighted by atomic mass is 35.5. The van der Waals surface area contributed by atoms with Crippen LogP contribution in [0.5, 0.6) is 17.2 Å². The van der Waals surface area contributed by atoms with E-state index in [2.05, 4.69) is 10.3 Å². The van der Waals surface area contributed by atoms with Crippen LogP contribution in [0.2, 0.25) is 5.02 Å². The summed E-state index contributed by atoms with van der Waals surface area (Å²) >= 11 is 6.30. The van der Waals surface area contributed by atoms with E-state index in [4.69, 9.17) is 25.8 Å². The molecular formula is C25H27ClN4O5. The van der Waals surface area contributed by atoms with Crippen molar-refractivity contribution in [1.29, 1.82) is 0 Å². The van der Waals surface area contributed by atoms with Crippen molar-refractivity contribution in [3.05, 3.63) is 65.2 Å². The van der Waals surface area contributed by atoms with Gasteiger partial charge in [-0.15, -0.1) is 0 Å². The van der Waals surface area contributed by atoms with E-state index in [1.54, 1.807) is 25.4 Å². The molecule has 2 amide bonds. The van der Waals surface area contributed by atoms with E-state index in [9.17, 15) is 9.59 Å². The molecule has 1 aromatic heterocycles. The highest BCUT2D eigenvalue weighted by Crippen LogP contribution is 2.40. The molecular weight excluding hydrogens is 472 g/mol. The van der Waals surface area contributed by atoms with Crippen molar-refractivity contribution in [2.24, 2.45) is 13.0 Å². The number of hydrogen-bond acceptors (Lipinski definition) is 6. The van der Waals surface area contributed by atoms with Crippen LogP contribution >= 0.6 is 11.6 Å². The summed E-state index contributed by atoms with van der Waals surface area (Å²) in [4.78, 5) is 32.3. The summed E-state index contributed by atoms with van der Waals surface area (Å²) in [6.07, 6.45) is 3.56. The standard InChI is InChI=1S/C25H27ClN4O5/c1-29-10-9-27-24(29)23(15-5-7-17(33-2)8-6-15)28-25(32)16-11-22(31)30(14-16)19-12-18(26)20(34-3)13-21(19)35-4/h5-10,12-13,16,23H,11,14H2,1-4H3,(H,28,32). The summed E-state index contributed by atoms with van der Waals surface area (Å²) in [7, 11) is 6.47. The minimum Gasteiger partial charge on any atom is -0.497 e. The molecule has 0 aliphatic carbocycles. The number of anilines is 1. The third-order valence-electron chi connectivity index (χ3n) is 6.09. The lowest BCUT2D eigenvalue weighted by atomic mass is 10.0. The fourth-order valence-corrected chi connectivity index (χ4v) is 4.41. The lowest BCUT2D eigenvalue weighted by Crippen LogP contribution is -2.37. The summed E-state index contributed by atoms with van der Waals surface area (Å²) in [6.45, 7) is 0.194. The van der Waals surface area contributed by atoms with Gasteiger partial charge >= 0.3 is 0 Å². The van der Waals surface area contributed by atoms with Gasteiger partial charge in [-0.1, -0.05) is 23.7 Å². The topological polar surface area (TPSA) is 94.9 Å². The van der Waals surface area contributed by atoms with Gasteiger partial charge in [-0.05, 0) is 23.8 Å². The van der Waals surface area contributed by atoms with E-state index < -0.39 is 12.0 Å². The van der Waals surface area contributed by atoms with Crippen LogP contribution in [0.4, 0.5) is 5.69 Å². The second-order valence-corrected chi connectivity index (χ2v) is 8.58. The number of nitrogens with zero attached hydrogens (tertiary/aromatic N) is 3. The van der Waals surface area contributed by atoms with Gasteiger partial charge in [0.15, 0.2) is 0 Å². The molecule has 184 valence electrons. The van der Waals surface area contributed by atoms with Crippen molar-refractivity contribution in [1.82, 2.24) is 14.9 Å². The minimum absolute atomic E-state index is 0.0640. The third-order valence-corrected chi connectivity index (χ3v) is 6.39. The van der Waals surface area contributed by atoms with Crippen molar-refractivity contribution in [3.8, 4) is 17.2 Å². The zero-order valence-electron chi connectivity index (χ0n) is 19.9. The molecule has 3 aromatic rings. The number of carbonyl (C=O) groups excluding carboxylic acids is 2. The van der Waals surface area contributed by atoms with Crippen molar-refractivity contribution in [2.45, 2.75) is 12.5 Å². The molecule has 0 bridgehead atoms. The molecule has 35 heavy (non-hydrogen) atoms. The summed E-state index contributed by atoms with van der Waals surface area (Å²) in [5, 5.41) is 3.43. The number of aromatic nitrogens is 2. The molecule has 2 atom stereocenters. The Bertz CT molecular complexity index is 1230. The molecule has 0 saturated carbocycles. The Balaban J connectivity index is 1.57. The first-order valence-electron chi connectivity index (χ1n) is 11.0. The van der Waals surface area contributed by atoms with Crippen LogP contribution in [-0.2, 0) is 16.6 Å². The number of nitrogens with one attached hydrogen (secondary N) is 1. The number of methoxy groups -OCH3 is 3. The first-order chi connectivity index (χ1) is 16.9. The van der Waals surface area contributed by atoms with Gasteiger partial charge in [-0.25, -0.2) is 4.98 Å². The second-order valence-electron chi connectivity index (χ2n) is 8.18. The lowest BCUT2D eigenvalue weighted by Gasteiger charge is -2.23. The molecule has 2 heterocycles. The molecule has 1 aliphatic rings. The van der Waals surface area contributed by atoms with Gasteiger partial charge in [0, 0.05) is 38.5 Å². The van der Waals surface area contributed by atoms with Crippen molar-refractivity contribution < 1.29 is 23.8 Å². The number of halogens is 1. The zero-order chi connectivity index (χ0) is 25.1. The summed E-state index contributed by atoms with van der Waals surface area (Å²) < 4.78 is 17.8. The largest absolute Gasteiger partial charge is 0.497 e. The van der Waals surface area contributed by atoms with Crippen molar-refractivity contribution in [2.75, 3.05) is 32.8 Å². The van der Waals surface area contributed by atoms with Crippen LogP contribution in [0, 0.1) is 5.92 Å². The Morgan fingerprint density at radius 1 is 1.11 bits per heavy atom. The van der Waals surface area contributed by atoms with Crippen LogP contribution in [-0.4, -0.2) is 49.2 Å². The maximum absolute atomic E-state index is 13.4. The van der Waals surface area contributed by atoms with E-state index in [0.717, 1.165) is 5.56 Å². The first kappa shape index (κ1) is 24.4. The zero-order valence-corrected chi connectivity index (χ0v) is 20.7. The number of rotatable bonds is 8. The average Bonchev–Trinajstić information content (AvgIpc) is 3.47. The third kappa shape index (κ3) is 4.90. The van der Waals surface area contributed by atoms with Gasteiger partial charge < -0.3 is 29.0 Å². The van der Waals surface area contributed by atoms with E-state index in [1.807, 2.05) is 42.1 Å². The fraction of sp³-hybridized carbons (Fsp3) is 0.320. The molecule has 1 saturated heterocycles. The molecule has 2 aromatic carbocycles. The van der Waals surface area contributed by atoms with Gasteiger partial charge in [0.2, 0.25) is 11.8 Å². The van der Waals surface area contributed by atoms with Crippen LogP contribution in [0.3, 0.4) is 0 Å². The maximum atomic E-state index is 13.4. The van der Waals surface area contributed by atoms with Crippen LogP contribution in [0.15, 0.2) is 48.8 Å². The molecule has 1 fully saturated rings. The van der Waals surface area contributed by atoms with Crippen LogP contribution in [0.25, 0.3) is 0 Å². The molecule has 10 heteroatoms. The summed E-state index contributed by atoms with van der Waals surface area (Å²) in [6, 6.07) is 10.2. The van der Waals surface area contributed by atoms with Gasteiger partial charge in [-0.3, -0.25) is 9.59 Å². The number of carbonyl (C=O) groups is 2. The molecule has 0 radical (unpaired) electrons. The first-order valence-corrected chi connectivity index (χ1v) is 11.4. The highest BCUT2D eigenvalue weighted by molar-refractivity contribution is 6.32. The van der Waals surface area contributed by atoms with Crippen molar-refractivity contribution >= 4 is 29.1 Å². The molecule has 1 N–H and O–H groups in total. The Labute approximate surface area is 208 Å². The van der Waals surface area contributed by atoms with Gasteiger partial charge in [-0.2, -0.15) is 0 Å². The normalized spacial score (nSPS) is 16.2. The predicted molar refractivity (Wildman–Crippen MR) is 131 cm³/mol. The Hall–Kier alpha value is -3.72. The van der Waals surface area contributed by atoms with Gasteiger partial charge in [0.25, 0.3) is 0 Å². The Morgan fingerprint density at radius 3 is 2.43 bits per heavy atom. The number of amides is 2. The van der Waals surface area contributed by atoms with Crippen molar-refractivity contribution in [3.63, 3.8) is 0 Å². The fourth-order valence-electron chi connectivity index (χ4n) is 4.18. The summed E-state index contributed by atoms with van der Waals surface area (Å²) in [5.74, 6) is 1.26. The highest BCUT2D eigenvalue weighted by Gasteiger charge is 2.38. The quantitative estimate of drug-likeness (QED) is 0.511. The molecule has 9 nitrogen and oxygen atoms in total. The number of aryl methyl sites for hydroxylation is 1. The number of hydrogen-bond donors (Lipinski definition) is 1. The second kappa shape index (κ2) is 10.3. The molecule has 1 aliphatic heterocycles. The maximum Gasteiger partial charge on any atom is 0.227 e. The molecule has 0 spiro atoms. The van der Waals surface area contributed by atoms with Gasteiger partial charge in [0.1, 0.15) is 29.1 Å². The Morgan fingerprint density at radius 2 is 1.83 bits per heavy atom. The SMILES string of the molecule is COc1ccc(C(NC(=O)C2CC(=O)N(c3cc(Cl)c(OC)cc3OC)C2)c2nccn2C)cc1. The summed E-state index contributed by atoms with van der Waals surface area (Å²) in [5.41, 5.74) is 1.34. The van der Waals surface area contributed by atoms with Gasteiger partial charge in [0.05, 0.1) is 38.0 Å². The van der Waals surface area contributed by atoms with Crippen LogP contribution in [0.1, 0.15) is 23.9 Å². The average molecular weight is 499 g/mol. The van der Waals surface area contributed by atoms with E-state index in [-0.39, 0.29) is 24.8 Å². The smallest absolute Gasteiger partial charge is 0.227 e. The predicted octanol–water partition coefficient (Wildman–Crippen LogP) is 3.36. The molecule has 2 unspecified atom stereocenters. The number of imidazole rings is 1. The number of benzene rings is 2. The van der Waals surface area contributed by atoms with E-state index >= 15 is 0 Å². The van der Waals surface area contributed by atoms with E-state index in [1.165, 1.54) is 19.1 Å².